The highest BCUT2D eigenvalue weighted by Crippen LogP contribution is 2.13. The zero-order valence-corrected chi connectivity index (χ0v) is 9.38. The number of nitro groups is 1. The molecule has 8 heteroatoms. The van der Waals surface area contributed by atoms with Crippen LogP contribution < -0.4 is 9.80 Å². The van der Waals surface area contributed by atoms with Gasteiger partial charge in [-0.3, -0.25) is 0 Å². The molecule has 0 aromatic carbocycles. The first-order valence-electron chi connectivity index (χ1n) is 5.19. The highest BCUT2D eigenvalue weighted by Gasteiger charge is 2.27. The van der Waals surface area contributed by atoms with Crippen LogP contribution in [0.5, 0.6) is 0 Å². The first-order valence-corrected chi connectivity index (χ1v) is 5.19. The molecular weight excluding hydrogens is 212 g/mol. The van der Waals surface area contributed by atoms with Crippen molar-refractivity contribution in [2.24, 2.45) is 7.05 Å². The normalized spacial score (nSPS) is 17.8. The van der Waals surface area contributed by atoms with Gasteiger partial charge in [0.2, 0.25) is 0 Å². The monoisotopic (exact) mass is 227 g/mol. The second kappa shape index (κ2) is 4.05. The Morgan fingerprint density at radius 2 is 2.06 bits per heavy atom. The number of hydrogen-bond acceptors (Lipinski definition) is 5. The fourth-order valence-electron chi connectivity index (χ4n) is 1.80. The number of piperazine rings is 1. The highest BCUT2D eigenvalue weighted by atomic mass is 16.6. The number of nitrogens with zero attached hydrogens (tertiary/aromatic N) is 5. The van der Waals surface area contributed by atoms with E-state index in [4.69, 9.17) is 0 Å². The van der Waals surface area contributed by atoms with E-state index in [0.29, 0.717) is 5.95 Å². The Balaban J connectivity index is 2.17. The molecule has 1 aliphatic rings. The van der Waals surface area contributed by atoms with E-state index in [-0.39, 0.29) is 5.95 Å². The number of rotatable bonds is 2. The van der Waals surface area contributed by atoms with Crippen molar-refractivity contribution in [3.05, 3.63) is 10.1 Å². The maximum absolute atomic E-state index is 10.5. The SMILES string of the molecule is Cn1nc([N+](=O)[O-])nc1N1CC[NH+](C)CC1. The number of aromatic nitrogens is 3. The quantitative estimate of drug-likeness (QED) is 0.469. The maximum atomic E-state index is 10.5. The van der Waals surface area contributed by atoms with Gasteiger partial charge in [0.15, 0.2) is 0 Å². The Hall–Kier alpha value is -1.70. The van der Waals surface area contributed by atoms with Crippen molar-refractivity contribution < 1.29 is 9.82 Å². The average Bonchev–Trinajstić information content (AvgIpc) is 2.62. The van der Waals surface area contributed by atoms with E-state index < -0.39 is 4.92 Å². The maximum Gasteiger partial charge on any atom is 0.493 e. The van der Waals surface area contributed by atoms with Crippen LogP contribution in [0.25, 0.3) is 0 Å². The third-order valence-corrected chi connectivity index (χ3v) is 2.79. The Bertz CT molecular complexity index is 395. The zero-order chi connectivity index (χ0) is 11.7. The lowest BCUT2D eigenvalue weighted by molar-refractivity contribution is -0.880. The van der Waals surface area contributed by atoms with Gasteiger partial charge in [-0.25, -0.2) is 0 Å². The molecule has 1 fully saturated rings. The van der Waals surface area contributed by atoms with Crippen LogP contribution in [0.1, 0.15) is 0 Å². The molecule has 8 nitrogen and oxygen atoms in total. The summed E-state index contributed by atoms with van der Waals surface area (Å²) in [4.78, 5) is 17.4. The molecule has 0 bridgehead atoms. The summed E-state index contributed by atoms with van der Waals surface area (Å²) in [5, 5.41) is 14.3. The molecule has 88 valence electrons. The molecule has 0 aliphatic carbocycles. The van der Waals surface area contributed by atoms with E-state index in [0.717, 1.165) is 26.2 Å². The molecule has 1 aromatic heterocycles. The summed E-state index contributed by atoms with van der Waals surface area (Å²) in [7, 11) is 3.82. The number of nitrogens with one attached hydrogen (secondary N) is 1. The first kappa shape index (κ1) is 10.8. The van der Waals surface area contributed by atoms with Crippen LogP contribution in [0.2, 0.25) is 0 Å². The summed E-state index contributed by atoms with van der Waals surface area (Å²) in [5.74, 6) is 0.253. The van der Waals surface area contributed by atoms with Gasteiger partial charge in [0, 0.05) is 12.1 Å². The number of aryl methyl sites for hydroxylation is 1. The lowest BCUT2D eigenvalue weighted by Gasteiger charge is -2.28. The summed E-state index contributed by atoms with van der Waals surface area (Å²) >= 11 is 0. The fraction of sp³-hybridized carbons (Fsp3) is 0.750. The van der Waals surface area contributed by atoms with E-state index in [1.165, 1.54) is 9.58 Å². The molecule has 0 unspecified atom stereocenters. The average molecular weight is 227 g/mol. The van der Waals surface area contributed by atoms with E-state index in [1.807, 2.05) is 4.90 Å². The summed E-state index contributed by atoms with van der Waals surface area (Å²) in [6.45, 7) is 3.74. The lowest BCUT2D eigenvalue weighted by Crippen LogP contribution is -3.12. The van der Waals surface area contributed by atoms with Gasteiger partial charge in [-0.2, -0.15) is 4.68 Å². The van der Waals surface area contributed by atoms with Crippen LogP contribution in [-0.2, 0) is 7.05 Å². The molecule has 16 heavy (non-hydrogen) atoms. The predicted octanol–water partition coefficient (Wildman–Crippen LogP) is -1.94. The van der Waals surface area contributed by atoms with Gasteiger partial charge in [0.05, 0.1) is 33.2 Å². The predicted molar refractivity (Wildman–Crippen MR) is 56.5 cm³/mol. The van der Waals surface area contributed by atoms with Gasteiger partial charge in [-0.05, 0) is 9.91 Å². The molecule has 0 saturated carbocycles. The van der Waals surface area contributed by atoms with Crippen molar-refractivity contribution in [1.29, 1.82) is 0 Å². The van der Waals surface area contributed by atoms with Gasteiger partial charge >= 0.3 is 11.9 Å². The summed E-state index contributed by atoms with van der Waals surface area (Å²) in [6, 6.07) is 0. The summed E-state index contributed by atoms with van der Waals surface area (Å²) in [6.07, 6.45) is 0. The minimum absolute atomic E-state index is 0.330. The van der Waals surface area contributed by atoms with Gasteiger partial charge < -0.3 is 19.9 Å². The van der Waals surface area contributed by atoms with Crippen LogP contribution in [0, 0.1) is 10.1 Å². The second-order valence-electron chi connectivity index (χ2n) is 4.04. The molecule has 0 radical (unpaired) electrons. The molecular formula is C8H15N6O2+. The fourth-order valence-corrected chi connectivity index (χ4v) is 1.80. The summed E-state index contributed by atoms with van der Waals surface area (Å²) < 4.78 is 1.47. The molecule has 0 atom stereocenters. The Morgan fingerprint density at radius 3 is 2.56 bits per heavy atom. The minimum atomic E-state index is -0.565. The van der Waals surface area contributed by atoms with E-state index in [9.17, 15) is 10.1 Å². The van der Waals surface area contributed by atoms with Crippen molar-refractivity contribution in [3.63, 3.8) is 0 Å². The topological polar surface area (TPSA) is 81.5 Å². The van der Waals surface area contributed by atoms with Crippen molar-refractivity contribution in [1.82, 2.24) is 14.8 Å². The van der Waals surface area contributed by atoms with Crippen molar-refractivity contribution in [2.75, 3.05) is 38.1 Å². The van der Waals surface area contributed by atoms with E-state index in [1.54, 1.807) is 7.05 Å². The number of likely N-dealkylation sites (N-methyl/N-ethyl adjacent to an activating group) is 1. The largest absolute Gasteiger partial charge is 0.493 e. The molecule has 1 aromatic rings. The minimum Gasteiger partial charge on any atom is -0.390 e. The molecule has 1 N–H and O–H groups in total. The number of quaternary nitrogens is 1. The van der Waals surface area contributed by atoms with E-state index >= 15 is 0 Å². The van der Waals surface area contributed by atoms with Crippen LogP contribution in [0.4, 0.5) is 11.9 Å². The van der Waals surface area contributed by atoms with Crippen LogP contribution in [-0.4, -0.2) is 52.9 Å². The molecule has 1 aliphatic heterocycles. The van der Waals surface area contributed by atoms with Gasteiger partial charge in [-0.15, -0.1) is 0 Å². The molecule has 1 saturated heterocycles. The lowest BCUT2D eigenvalue weighted by atomic mass is 10.3. The van der Waals surface area contributed by atoms with Crippen molar-refractivity contribution in [3.8, 4) is 0 Å². The molecule has 2 heterocycles. The number of hydrogen-bond donors (Lipinski definition) is 1. The van der Waals surface area contributed by atoms with Crippen molar-refractivity contribution in [2.45, 2.75) is 0 Å². The smallest absolute Gasteiger partial charge is 0.390 e. The Labute approximate surface area is 92.6 Å². The highest BCUT2D eigenvalue weighted by molar-refractivity contribution is 5.33. The molecule has 0 amide bonds. The number of anilines is 1. The standard InChI is InChI=1S/C8H14N6O2/c1-11-3-5-13(6-4-11)8-9-7(14(15)16)10-12(8)2/h3-6H2,1-2H3/p+1. The second-order valence-corrected chi connectivity index (χ2v) is 4.04. The molecule has 0 spiro atoms. The van der Waals surface area contributed by atoms with Crippen LogP contribution >= 0.6 is 0 Å². The van der Waals surface area contributed by atoms with Crippen LogP contribution in [0.3, 0.4) is 0 Å². The zero-order valence-electron chi connectivity index (χ0n) is 9.38. The van der Waals surface area contributed by atoms with Gasteiger partial charge in [-0.1, -0.05) is 0 Å². The molecule has 2 rings (SSSR count). The van der Waals surface area contributed by atoms with Crippen LogP contribution in [0.15, 0.2) is 0 Å². The summed E-state index contributed by atoms with van der Waals surface area (Å²) in [5.41, 5.74) is 0. The van der Waals surface area contributed by atoms with Gasteiger partial charge in [0.1, 0.15) is 0 Å². The Kier molecular flexibility index (Phi) is 2.73. The van der Waals surface area contributed by atoms with Gasteiger partial charge in [0.25, 0.3) is 0 Å². The van der Waals surface area contributed by atoms with E-state index in [2.05, 4.69) is 17.1 Å². The Morgan fingerprint density at radius 1 is 1.44 bits per heavy atom. The van der Waals surface area contributed by atoms with Crippen molar-refractivity contribution >= 4 is 11.9 Å². The first-order chi connectivity index (χ1) is 7.58. The third-order valence-electron chi connectivity index (χ3n) is 2.79. The third kappa shape index (κ3) is 1.96.